The molecule has 2 saturated heterocycles. The van der Waals surface area contributed by atoms with Crippen molar-refractivity contribution in [3.63, 3.8) is 0 Å². The van der Waals surface area contributed by atoms with Crippen LogP contribution in [-0.4, -0.2) is 86.0 Å². The van der Waals surface area contributed by atoms with Gasteiger partial charge in [-0.05, 0) is 38.8 Å². The molecule has 0 spiro atoms. The van der Waals surface area contributed by atoms with Crippen LogP contribution in [0.25, 0.3) is 0 Å². The van der Waals surface area contributed by atoms with Crippen molar-refractivity contribution in [2.75, 3.05) is 52.4 Å². The molecule has 2 aliphatic heterocycles. The number of carbonyl (C=O) groups excluding carboxylic acids is 1. The first-order valence-corrected chi connectivity index (χ1v) is 12.9. The van der Waals surface area contributed by atoms with Gasteiger partial charge >= 0.3 is 0 Å². The zero-order valence-corrected chi connectivity index (χ0v) is 20.1. The maximum absolute atomic E-state index is 13.0. The molecule has 0 saturated carbocycles. The maximum Gasteiger partial charge on any atom is 0.248 e. The van der Waals surface area contributed by atoms with E-state index in [1.54, 1.807) is 13.8 Å². The summed E-state index contributed by atoms with van der Waals surface area (Å²) in [6.07, 6.45) is 1.07. The molecule has 180 valence electrons. The molecule has 2 aliphatic rings. The van der Waals surface area contributed by atoms with Gasteiger partial charge in [0.05, 0.1) is 0 Å². The van der Waals surface area contributed by atoms with Crippen LogP contribution in [0.15, 0.2) is 39.8 Å². The Bertz CT molecular complexity index is 1020. The fourth-order valence-corrected chi connectivity index (χ4v) is 6.34. The second kappa shape index (κ2) is 10.2. The number of para-hydroxylation sites is 1. The van der Waals surface area contributed by atoms with Gasteiger partial charge in [-0.25, -0.2) is 8.42 Å². The molecular weight excluding hydrogens is 444 g/mol. The van der Waals surface area contributed by atoms with E-state index in [2.05, 4.69) is 10.1 Å². The predicted molar refractivity (Wildman–Crippen MR) is 122 cm³/mol. The Kier molecular flexibility index (Phi) is 7.35. The van der Waals surface area contributed by atoms with E-state index in [-0.39, 0.29) is 16.7 Å². The Morgan fingerprint density at radius 2 is 1.73 bits per heavy atom. The first kappa shape index (κ1) is 23.7. The van der Waals surface area contributed by atoms with Gasteiger partial charge in [0.25, 0.3) is 0 Å². The molecule has 1 amide bonds. The summed E-state index contributed by atoms with van der Waals surface area (Å²) in [5, 5.41) is 3.77. The number of hydrogen-bond acceptors (Lipinski definition) is 7. The SMILES string of the molecule is Cc1noc(C)c1S(=O)(=O)N1CCC(C(=O)N2CCN(CCOc3ccccc3)CC2)CC1. The van der Waals surface area contributed by atoms with E-state index in [0.29, 0.717) is 57.1 Å². The van der Waals surface area contributed by atoms with Crippen LogP contribution in [0.3, 0.4) is 0 Å². The molecule has 4 rings (SSSR count). The third-order valence-electron chi connectivity index (χ3n) is 6.47. The van der Waals surface area contributed by atoms with Crippen molar-refractivity contribution in [3.05, 3.63) is 41.8 Å². The normalized spacial score (nSPS) is 19.0. The van der Waals surface area contributed by atoms with Gasteiger partial charge in [0.1, 0.15) is 22.9 Å². The van der Waals surface area contributed by atoms with Crippen LogP contribution in [0.4, 0.5) is 0 Å². The Balaban J connectivity index is 1.22. The molecule has 0 unspecified atom stereocenters. The number of amides is 1. The topological polar surface area (TPSA) is 96.2 Å². The number of rotatable bonds is 7. The van der Waals surface area contributed by atoms with Crippen LogP contribution in [0.2, 0.25) is 0 Å². The molecular formula is C23H32N4O5S. The lowest BCUT2D eigenvalue weighted by Gasteiger charge is -2.38. The van der Waals surface area contributed by atoms with E-state index in [4.69, 9.17) is 9.26 Å². The number of benzene rings is 1. The number of nitrogens with zero attached hydrogens (tertiary/aromatic N) is 4. The standard InChI is InChI=1S/C23H32N4O5S/c1-18-22(19(2)32-24-18)33(29,30)27-10-8-20(9-11-27)23(28)26-14-12-25(13-15-26)16-17-31-21-6-4-3-5-7-21/h3-7,20H,8-17H2,1-2H3. The maximum atomic E-state index is 13.0. The molecule has 9 nitrogen and oxygen atoms in total. The Morgan fingerprint density at radius 3 is 2.33 bits per heavy atom. The fraction of sp³-hybridized carbons (Fsp3) is 0.565. The summed E-state index contributed by atoms with van der Waals surface area (Å²) >= 11 is 0. The molecule has 1 aromatic carbocycles. The lowest BCUT2D eigenvalue weighted by atomic mass is 9.96. The van der Waals surface area contributed by atoms with Crippen molar-refractivity contribution in [1.82, 2.24) is 19.3 Å². The van der Waals surface area contributed by atoms with Crippen LogP contribution in [0.5, 0.6) is 5.75 Å². The van der Waals surface area contributed by atoms with Gasteiger partial charge in [0.15, 0.2) is 5.76 Å². The van der Waals surface area contributed by atoms with Gasteiger partial charge in [0.2, 0.25) is 15.9 Å². The first-order chi connectivity index (χ1) is 15.9. The van der Waals surface area contributed by atoms with Crippen LogP contribution >= 0.6 is 0 Å². The van der Waals surface area contributed by atoms with Gasteiger partial charge in [-0.2, -0.15) is 4.31 Å². The second-order valence-electron chi connectivity index (χ2n) is 8.66. The Morgan fingerprint density at radius 1 is 1.06 bits per heavy atom. The van der Waals surface area contributed by atoms with Gasteiger partial charge in [-0.3, -0.25) is 9.69 Å². The number of piperazine rings is 1. The summed E-state index contributed by atoms with van der Waals surface area (Å²) in [6, 6.07) is 9.76. The first-order valence-electron chi connectivity index (χ1n) is 11.5. The molecule has 2 fully saturated rings. The van der Waals surface area contributed by atoms with E-state index < -0.39 is 10.0 Å². The van der Waals surface area contributed by atoms with E-state index >= 15 is 0 Å². The number of carbonyl (C=O) groups is 1. The van der Waals surface area contributed by atoms with Crippen LogP contribution in [-0.2, 0) is 14.8 Å². The summed E-state index contributed by atoms with van der Waals surface area (Å²) < 4.78 is 38.3. The van der Waals surface area contributed by atoms with Gasteiger partial charge in [-0.15, -0.1) is 0 Å². The minimum atomic E-state index is -3.66. The van der Waals surface area contributed by atoms with Gasteiger partial charge in [-0.1, -0.05) is 23.4 Å². The number of hydrogen-bond donors (Lipinski definition) is 0. The molecule has 0 N–H and O–H groups in total. The van der Waals surface area contributed by atoms with Gasteiger partial charge < -0.3 is 14.2 Å². The monoisotopic (exact) mass is 476 g/mol. The van der Waals surface area contributed by atoms with Crippen LogP contribution in [0, 0.1) is 19.8 Å². The van der Waals surface area contributed by atoms with Crippen molar-refractivity contribution >= 4 is 15.9 Å². The number of ether oxygens (including phenoxy) is 1. The van der Waals surface area contributed by atoms with E-state index in [1.807, 2.05) is 35.2 Å². The molecule has 1 aromatic heterocycles. The summed E-state index contributed by atoms with van der Waals surface area (Å²) in [4.78, 5) is 17.4. The molecule has 3 heterocycles. The average Bonchev–Trinajstić information content (AvgIpc) is 3.18. The third-order valence-corrected chi connectivity index (χ3v) is 8.62. The Labute approximate surface area is 195 Å². The lowest BCUT2D eigenvalue weighted by molar-refractivity contribution is -0.138. The molecule has 10 heteroatoms. The molecule has 2 aromatic rings. The van der Waals surface area contributed by atoms with Crippen molar-refractivity contribution in [3.8, 4) is 5.75 Å². The van der Waals surface area contributed by atoms with E-state index in [9.17, 15) is 13.2 Å². The summed E-state index contributed by atoms with van der Waals surface area (Å²) in [5.41, 5.74) is 0.373. The highest BCUT2D eigenvalue weighted by atomic mass is 32.2. The molecule has 0 atom stereocenters. The van der Waals surface area contributed by atoms with Crippen molar-refractivity contribution in [2.24, 2.45) is 5.92 Å². The quantitative estimate of drug-likeness (QED) is 0.602. The van der Waals surface area contributed by atoms with Crippen molar-refractivity contribution < 1.29 is 22.5 Å². The number of piperidine rings is 1. The number of aryl methyl sites for hydroxylation is 2. The summed E-state index contributed by atoms with van der Waals surface area (Å²) in [7, 11) is -3.66. The van der Waals surface area contributed by atoms with Gasteiger partial charge in [0, 0.05) is 51.7 Å². The number of aromatic nitrogens is 1. The zero-order valence-electron chi connectivity index (χ0n) is 19.3. The predicted octanol–water partition coefficient (Wildman–Crippen LogP) is 1.92. The highest BCUT2D eigenvalue weighted by molar-refractivity contribution is 7.89. The van der Waals surface area contributed by atoms with Crippen LogP contribution < -0.4 is 4.74 Å². The fourth-order valence-electron chi connectivity index (χ4n) is 4.57. The summed E-state index contributed by atoms with van der Waals surface area (Å²) in [5.74, 6) is 1.19. The highest BCUT2D eigenvalue weighted by Gasteiger charge is 2.37. The van der Waals surface area contributed by atoms with E-state index in [0.717, 1.165) is 25.4 Å². The lowest BCUT2D eigenvalue weighted by Crippen LogP contribution is -2.52. The largest absolute Gasteiger partial charge is 0.492 e. The minimum absolute atomic E-state index is 0.130. The molecule has 0 bridgehead atoms. The Hall–Kier alpha value is -2.43. The molecule has 0 aliphatic carbocycles. The van der Waals surface area contributed by atoms with Crippen molar-refractivity contribution in [1.29, 1.82) is 0 Å². The zero-order chi connectivity index (χ0) is 23.4. The third kappa shape index (κ3) is 5.39. The molecule has 33 heavy (non-hydrogen) atoms. The minimum Gasteiger partial charge on any atom is -0.492 e. The van der Waals surface area contributed by atoms with Crippen molar-refractivity contribution in [2.45, 2.75) is 31.6 Å². The highest BCUT2D eigenvalue weighted by Crippen LogP contribution is 2.28. The summed E-state index contributed by atoms with van der Waals surface area (Å²) in [6.45, 7) is 8.39. The number of sulfonamides is 1. The van der Waals surface area contributed by atoms with E-state index in [1.165, 1.54) is 4.31 Å². The smallest absolute Gasteiger partial charge is 0.248 e. The average molecular weight is 477 g/mol. The second-order valence-corrected chi connectivity index (χ2v) is 10.5. The molecule has 0 radical (unpaired) electrons. The van der Waals surface area contributed by atoms with Crippen LogP contribution in [0.1, 0.15) is 24.3 Å².